The van der Waals surface area contributed by atoms with Crippen LogP contribution in [0.1, 0.15) is 37.8 Å². The molecule has 1 aromatic carbocycles. The molecule has 0 radical (unpaired) electrons. The van der Waals surface area contributed by atoms with Gasteiger partial charge in [0.2, 0.25) is 0 Å². The Morgan fingerprint density at radius 3 is 2.53 bits per heavy atom. The van der Waals surface area contributed by atoms with Crippen molar-refractivity contribution in [2.24, 2.45) is 0 Å². The highest BCUT2D eigenvalue weighted by Crippen LogP contribution is 2.15. The number of hydrogen-bond donors (Lipinski definition) is 2. The van der Waals surface area contributed by atoms with E-state index in [0.29, 0.717) is 6.54 Å². The van der Waals surface area contributed by atoms with Gasteiger partial charge in [-0.2, -0.15) is 0 Å². The van der Waals surface area contributed by atoms with Gasteiger partial charge in [0.1, 0.15) is 0 Å². The maximum Gasteiger partial charge on any atom is 0.275 e. The van der Waals surface area contributed by atoms with Crippen molar-refractivity contribution in [1.29, 1.82) is 0 Å². The number of nitrogens with one attached hydrogen (secondary N) is 2. The molecule has 1 saturated heterocycles. The van der Waals surface area contributed by atoms with E-state index in [0.717, 1.165) is 23.7 Å². The lowest BCUT2D eigenvalue weighted by molar-refractivity contribution is -0.896. The van der Waals surface area contributed by atoms with Crippen LogP contribution in [0.25, 0.3) is 0 Å². The van der Waals surface area contributed by atoms with Crippen molar-refractivity contribution < 1.29 is 9.69 Å². The summed E-state index contributed by atoms with van der Waals surface area (Å²) in [5.74, 6) is 0.138. The van der Waals surface area contributed by atoms with E-state index in [2.05, 4.69) is 5.32 Å². The Morgan fingerprint density at radius 1 is 1.26 bits per heavy atom. The Balaban J connectivity index is 1.82. The molecule has 0 saturated carbocycles. The Kier molecular flexibility index (Phi) is 5.23. The van der Waals surface area contributed by atoms with Crippen LogP contribution < -0.4 is 10.2 Å². The fraction of sp³-hybridized carbons (Fsp3) is 0.533. The smallest absolute Gasteiger partial charge is 0.275 e. The minimum Gasteiger partial charge on any atom is -0.345 e. The molecule has 1 aromatic rings. The second kappa shape index (κ2) is 6.92. The number of hydrogen-bond acceptors (Lipinski definition) is 1. The van der Waals surface area contributed by atoms with Crippen LogP contribution in [0.3, 0.4) is 0 Å². The molecular weight excluding hydrogens is 260 g/mol. The van der Waals surface area contributed by atoms with Crippen LogP contribution in [0.15, 0.2) is 24.3 Å². The van der Waals surface area contributed by atoms with Crippen molar-refractivity contribution in [2.45, 2.75) is 32.2 Å². The van der Waals surface area contributed by atoms with Gasteiger partial charge in [0.05, 0.1) is 19.1 Å². The maximum absolute atomic E-state index is 12.0. The minimum atomic E-state index is 0.0361. The first-order chi connectivity index (χ1) is 9.15. The van der Waals surface area contributed by atoms with E-state index in [1.165, 1.54) is 24.2 Å². The van der Waals surface area contributed by atoms with Crippen LogP contribution in [0.4, 0.5) is 0 Å². The standard InChI is InChI=1S/C15H21ClN2O/c1-12(13-5-7-14(16)8-6-13)17-15(19)11-18-9-3-2-4-10-18/h5-8,12H,2-4,9-11H2,1H3,(H,17,19)/p+1/t12-/m1/s1. The molecule has 0 bridgehead atoms. The third kappa shape index (κ3) is 4.51. The molecule has 0 aromatic heterocycles. The summed E-state index contributed by atoms with van der Waals surface area (Å²) in [6.07, 6.45) is 3.80. The number of benzene rings is 1. The van der Waals surface area contributed by atoms with Crippen LogP contribution in [-0.2, 0) is 4.79 Å². The van der Waals surface area contributed by atoms with Gasteiger partial charge in [-0.1, -0.05) is 23.7 Å². The van der Waals surface area contributed by atoms with Crippen LogP contribution in [0.2, 0.25) is 5.02 Å². The Bertz CT molecular complexity index is 413. The topological polar surface area (TPSA) is 33.5 Å². The monoisotopic (exact) mass is 281 g/mol. The molecule has 1 amide bonds. The van der Waals surface area contributed by atoms with Crippen molar-refractivity contribution in [3.05, 3.63) is 34.9 Å². The number of halogens is 1. The van der Waals surface area contributed by atoms with Crippen LogP contribution >= 0.6 is 11.6 Å². The fourth-order valence-electron chi connectivity index (χ4n) is 2.58. The van der Waals surface area contributed by atoms with Gasteiger partial charge in [0, 0.05) is 5.02 Å². The van der Waals surface area contributed by atoms with E-state index < -0.39 is 0 Å². The number of piperidine rings is 1. The predicted octanol–water partition coefficient (Wildman–Crippen LogP) is 1.59. The molecule has 104 valence electrons. The van der Waals surface area contributed by atoms with E-state index in [1.54, 1.807) is 0 Å². The van der Waals surface area contributed by atoms with Gasteiger partial charge in [-0.25, -0.2) is 0 Å². The molecule has 0 unspecified atom stereocenters. The van der Waals surface area contributed by atoms with Crippen LogP contribution in [0.5, 0.6) is 0 Å². The highest BCUT2D eigenvalue weighted by molar-refractivity contribution is 6.30. The second-order valence-corrected chi connectivity index (χ2v) is 5.76. The summed E-state index contributed by atoms with van der Waals surface area (Å²) in [4.78, 5) is 13.4. The average Bonchev–Trinajstić information content (AvgIpc) is 2.40. The van der Waals surface area contributed by atoms with E-state index in [9.17, 15) is 4.79 Å². The lowest BCUT2D eigenvalue weighted by atomic mass is 10.1. The Hall–Kier alpha value is -1.06. The molecule has 0 spiro atoms. The number of rotatable bonds is 4. The number of carbonyl (C=O) groups is 1. The first-order valence-corrected chi connectivity index (χ1v) is 7.41. The van der Waals surface area contributed by atoms with E-state index >= 15 is 0 Å². The summed E-state index contributed by atoms with van der Waals surface area (Å²) >= 11 is 5.86. The van der Waals surface area contributed by atoms with Gasteiger partial charge in [0.25, 0.3) is 5.91 Å². The maximum atomic E-state index is 12.0. The first-order valence-electron chi connectivity index (χ1n) is 7.03. The molecular formula is C15H22ClN2O+. The van der Waals surface area contributed by atoms with E-state index in [1.807, 2.05) is 31.2 Å². The minimum absolute atomic E-state index is 0.0361. The van der Waals surface area contributed by atoms with Gasteiger partial charge in [-0.05, 0) is 43.9 Å². The third-order valence-corrected chi connectivity index (χ3v) is 3.97. The third-order valence-electron chi connectivity index (χ3n) is 3.72. The summed E-state index contributed by atoms with van der Waals surface area (Å²) in [5.41, 5.74) is 1.09. The van der Waals surface area contributed by atoms with Crippen molar-refractivity contribution in [3.8, 4) is 0 Å². The predicted molar refractivity (Wildman–Crippen MR) is 77.4 cm³/mol. The van der Waals surface area contributed by atoms with Gasteiger partial charge < -0.3 is 10.2 Å². The zero-order valence-electron chi connectivity index (χ0n) is 11.4. The lowest BCUT2D eigenvalue weighted by Gasteiger charge is -2.23. The molecule has 2 rings (SSSR count). The summed E-state index contributed by atoms with van der Waals surface area (Å²) in [7, 11) is 0. The normalized spacial score (nSPS) is 18.0. The highest BCUT2D eigenvalue weighted by atomic mass is 35.5. The van der Waals surface area contributed by atoms with E-state index in [4.69, 9.17) is 11.6 Å². The number of quaternary nitrogens is 1. The molecule has 1 atom stereocenters. The van der Waals surface area contributed by atoms with Crippen LogP contribution in [-0.4, -0.2) is 25.5 Å². The summed E-state index contributed by atoms with van der Waals surface area (Å²) < 4.78 is 0. The van der Waals surface area contributed by atoms with Crippen molar-refractivity contribution in [3.63, 3.8) is 0 Å². The molecule has 0 aliphatic carbocycles. The van der Waals surface area contributed by atoms with Gasteiger partial charge in [-0.3, -0.25) is 4.79 Å². The number of carbonyl (C=O) groups excluding carboxylic acids is 1. The van der Waals surface area contributed by atoms with Gasteiger partial charge in [-0.15, -0.1) is 0 Å². The zero-order valence-corrected chi connectivity index (χ0v) is 12.2. The highest BCUT2D eigenvalue weighted by Gasteiger charge is 2.18. The first kappa shape index (κ1) is 14.4. The Morgan fingerprint density at radius 2 is 1.89 bits per heavy atom. The fourth-order valence-corrected chi connectivity index (χ4v) is 2.71. The summed E-state index contributed by atoms with van der Waals surface area (Å²) in [5, 5.41) is 3.78. The largest absolute Gasteiger partial charge is 0.345 e. The van der Waals surface area contributed by atoms with E-state index in [-0.39, 0.29) is 11.9 Å². The molecule has 1 aliphatic rings. The van der Waals surface area contributed by atoms with Gasteiger partial charge >= 0.3 is 0 Å². The van der Waals surface area contributed by atoms with Crippen molar-refractivity contribution in [2.75, 3.05) is 19.6 Å². The molecule has 1 aliphatic heterocycles. The van der Waals surface area contributed by atoms with Crippen LogP contribution in [0, 0.1) is 0 Å². The molecule has 2 N–H and O–H groups in total. The number of amides is 1. The second-order valence-electron chi connectivity index (χ2n) is 5.33. The molecule has 1 heterocycles. The summed E-state index contributed by atoms with van der Waals surface area (Å²) in [6, 6.07) is 7.67. The molecule has 19 heavy (non-hydrogen) atoms. The quantitative estimate of drug-likeness (QED) is 0.863. The Labute approximate surface area is 119 Å². The molecule has 4 heteroatoms. The molecule has 1 fully saturated rings. The molecule has 3 nitrogen and oxygen atoms in total. The van der Waals surface area contributed by atoms with Gasteiger partial charge in [0.15, 0.2) is 6.54 Å². The number of likely N-dealkylation sites (tertiary alicyclic amines) is 1. The average molecular weight is 282 g/mol. The van der Waals surface area contributed by atoms with Crippen molar-refractivity contribution in [1.82, 2.24) is 5.32 Å². The SMILES string of the molecule is C[C@@H](NC(=O)C[NH+]1CCCCC1)c1ccc(Cl)cc1. The summed E-state index contributed by atoms with van der Waals surface area (Å²) in [6.45, 7) is 4.86. The van der Waals surface area contributed by atoms with Crippen molar-refractivity contribution >= 4 is 17.5 Å². The zero-order chi connectivity index (χ0) is 13.7. The lowest BCUT2D eigenvalue weighted by Crippen LogP contribution is -3.13.